The molecular weight excluding hydrogens is 665 g/mol. The van der Waals surface area contributed by atoms with Gasteiger partial charge in [-0.1, -0.05) is 84.9 Å². The number of hydrogen-bond donors (Lipinski definition) is 3. The Hall–Kier alpha value is -2.73. The molecule has 1 aromatic rings. The summed E-state index contributed by atoms with van der Waals surface area (Å²) in [7, 11) is -2.09. The van der Waals surface area contributed by atoms with Crippen LogP contribution >= 0.6 is 0 Å². The zero-order valence-electron chi connectivity index (χ0n) is 32.5. The van der Waals surface area contributed by atoms with Crippen molar-refractivity contribution >= 4 is 26.3 Å². The van der Waals surface area contributed by atoms with Crippen molar-refractivity contribution in [2.24, 2.45) is 22.7 Å². The Morgan fingerprint density at radius 3 is 2.22 bits per heavy atom. The fraction of sp³-hybridized carbons (Fsp3) is 0.725. The van der Waals surface area contributed by atoms with E-state index in [4.69, 9.17) is 18.6 Å². The Morgan fingerprint density at radius 1 is 0.941 bits per heavy atom. The van der Waals surface area contributed by atoms with Gasteiger partial charge >= 0.3 is 12.1 Å². The fourth-order valence-electron chi connectivity index (χ4n) is 7.89. The van der Waals surface area contributed by atoms with E-state index in [2.05, 4.69) is 72.2 Å². The summed E-state index contributed by atoms with van der Waals surface area (Å²) in [6.45, 7) is 21.1. The topological polar surface area (TPSA) is 132 Å². The van der Waals surface area contributed by atoms with Crippen LogP contribution < -0.4 is 10.6 Å². The van der Waals surface area contributed by atoms with Gasteiger partial charge in [-0.3, -0.25) is 9.59 Å². The first kappa shape index (κ1) is 41.0. The summed E-state index contributed by atoms with van der Waals surface area (Å²) < 4.78 is 24.8. The zero-order valence-corrected chi connectivity index (χ0v) is 33.5. The molecule has 3 fully saturated rings. The van der Waals surface area contributed by atoms with E-state index < -0.39 is 26.2 Å². The van der Waals surface area contributed by atoms with Crippen molar-refractivity contribution in [1.82, 2.24) is 10.6 Å². The lowest BCUT2D eigenvalue weighted by atomic mass is 9.62. The van der Waals surface area contributed by atoms with E-state index >= 15 is 0 Å². The van der Waals surface area contributed by atoms with Crippen LogP contribution in [-0.4, -0.2) is 68.6 Å². The molecule has 11 heteroatoms. The molecule has 3 N–H and O–H groups in total. The van der Waals surface area contributed by atoms with Gasteiger partial charge in [0, 0.05) is 37.5 Å². The van der Waals surface area contributed by atoms with E-state index in [9.17, 15) is 19.5 Å². The molecule has 5 atom stereocenters. The number of carboxylic acid groups (broad SMARTS) is 1. The number of carbonyl (C=O) groups is 3. The summed E-state index contributed by atoms with van der Waals surface area (Å²) >= 11 is 0. The number of ether oxygens (including phenoxy) is 3. The van der Waals surface area contributed by atoms with E-state index in [0.717, 1.165) is 18.4 Å². The van der Waals surface area contributed by atoms with Gasteiger partial charge in [-0.2, -0.15) is 0 Å². The van der Waals surface area contributed by atoms with Crippen LogP contribution in [0.4, 0.5) is 4.79 Å². The monoisotopic (exact) mass is 728 g/mol. The molecule has 0 aromatic heterocycles. The molecule has 2 aliphatic carbocycles. The summed E-state index contributed by atoms with van der Waals surface area (Å²) in [5.41, 5.74) is 0.355. The Kier molecular flexibility index (Phi) is 13.3. The lowest BCUT2D eigenvalue weighted by Gasteiger charge is -2.51. The number of aliphatic carboxylic acids is 1. The second-order valence-electron chi connectivity index (χ2n) is 17.8. The summed E-state index contributed by atoms with van der Waals surface area (Å²) in [5.74, 6) is -1.46. The average molecular weight is 729 g/mol. The number of allylic oxidation sites excluding steroid dienone is 1. The quantitative estimate of drug-likeness (QED) is 0.138. The number of benzene rings is 1. The van der Waals surface area contributed by atoms with Crippen molar-refractivity contribution in [2.75, 3.05) is 13.2 Å². The van der Waals surface area contributed by atoms with Crippen LogP contribution in [0.5, 0.6) is 0 Å². The van der Waals surface area contributed by atoms with E-state index in [1.54, 1.807) is 6.08 Å². The van der Waals surface area contributed by atoms with Gasteiger partial charge in [-0.05, 0) is 84.5 Å². The molecular formula is C40H64N2O8Si. The van der Waals surface area contributed by atoms with Crippen LogP contribution in [0.15, 0.2) is 42.5 Å². The summed E-state index contributed by atoms with van der Waals surface area (Å²) in [4.78, 5) is 37.9. The van der Waals surface area contributed by atoms with Crippen LogP contribution in [0.1, 0.15) is 105 Å². The van der Waals surface area contributed by atoms with E-state index in [0.29, 0.717) is 45.3 Å². The first-order valence-electron chi connectivity index (χ1n) is 18.9. The summed E-state index contributed by atoms with van der Waals surface area (Å²) in [5, 5.41) is 15.7. The third-order valence-corrected chi connectivity index (χ3v) is 17.1. The summed E-state index contributed by atoms with van der Waals surface area (Å²) in [6.07, 6.45) is 7.93. The Morgan fingerprint density at radius 2 is 1.59 bits per heavy atom. The SMILES string of the molecule is CC1(C)C(C/C=C/C(=O)N[C@@H]2CC3(C[C@@H](CCCC(=O)O)C2(C)C)OCCO3)C[C@@H](O[Si](C)(C)C(C)(C)C)C[C@H]1NC(=O)OCc1ccccc1. The van der Waals surface area contributed by atoms with E-state index in [1.807, 2.05) is 36.4 Å². The first-order valence-corrected chi connectivity index (χ1v) is 21.8. The molecule has 286 valence electrons. The molecule has 10 nitrogen and oxygen atoms in total. The lowest BCUT2D eigenvalue weighted by molar-refractivity contribution is -0.213. The Balaban J connectivity index is 1.45. The highest BCUT2D eigenvalue weighted by molar-refractivity contribution is 6.74. The molecule has 51 heavy (non-hydrogen) atoms. The minimum atomic E-state index is -2.09. The van der Waals surface area contributed by atoms with Crippen molar-refractivity contribution < 1.29 is 38.1 Å². The second kappa shape index (κ2) is 16.5. The van der Waals surface area contributed by atoms with Gasteiger partial charge < -0.3 is 34.4 Å². The number of hydrogen-bond acceptors (Lipinski definition) is 7. The van der Waals surface area contributed by atoms with Crippen LogP contribution in [0.3, 0.4) is 0 Å². The molecule has 1 aromatic carbocycles. The third kappa shape index (κ3) is 10.7. The minimum Gasteiger partial charge on any atom is -0.481 e. The van der Waals surface area contributed by atoms with Crippen molar-refractivity contribution in [3.8, 4) is 0 Å². The van der Waals surface area contributed by atoms with Gasteiger partial charge in [-0.25, -0.2) is 4.79 Å². The van der Waals surface area contributed by atoms with Gasteiger partial charge in [0.05, 0.1) is 13.2 Å². The molecule has 1 unspecified atom stereocenters. The third-order valence-electron chi connectivity index (χ3n) is 12.6. The van der Waals surface area contributed by atoms with Crippen LogP contribution in [0.25, 0.3) is 0 Å². The zero-order chi connectivity index (χ0) is 37.7. The largest absolute Gasteiger partial charge is 0.481 e. The highest BCUT2D eigenvalue weighted by atomic mass is 28.4. The molecule has 1 heterocycles. The average Bonchev–Trinajstić information content (AvgIpc) is 3.48. The maximum absolute atomic E-state index is 13.5. The molecule has 2 amide bonds. The van der Waals surface area contributed by atoms with Gasteiger partial charge in [0.2, 0.25) is 5.91 Å². The highest BCUT2D eigenvalue weighted by Crippen LogP contribution is 2.50. The Labute approximate surface area is 306 Å². The number of amides is 2. The number of rotatable bonds is 13. The molecule has 0 bridgehead atoms. The predicted molar refractivity (Wildman–Crippen MR) is 200 cm³/mol. The second-order valence-corrected chi connectivity index (χ2v) is 22.5. The number of carbonyl (C=O) groups excluding carboxylic acids is 2. The van der Waals surface area contributed by atoms with Gasteiger partial charge in [-0.15, -0.1) is 0 Å². The fourth-order valence-corrected chi connectivity index (χ4v) is 9.27. The molecule has 3 aliphatic rings. The normalized spacial score (nSPS) is 27.3. The maximum Gasteiger partial charge on any atom is 0.407 e. The van der Waals surface area contributed by atoms with Crippen molar-refractivity contribution in [2.45, 2.75) is 149 Å². The lowest BCUT2D eigenvalue weighted by Crippen LogP contribution is -2.58. The number of alkyl carbamates (subject to hydrolysis) is 1. The van der Waals surface area contributed by atoms with Gasteiger partial charge in [0.1, 0.15) is 6.61 Å². The Bertz CT molecular complexity index is 1370. The molecule has 2 saturated carbocycles. The molecule has 1 saturated heterocycles. The van der Waals surface area contributed by atoms with Crippen LogP contribution in [0.2, 0.25) is 18.1 Å². The van der Waals surface area contributed by atoms with Crippen molar-refractivity contribution in [3.05, 3.63) is 48.0 Å². The molecule has 4 rings (SSSR count). The maximum atomic E-state index is 13.5. The molecule has 0 radical (unpaired) electrons. The number of carboxylic acids is 1. The van der Waals surface area contributed by atoms with Crippen LogP contribution in [0, 0.1) is 22.7 Å². The van der Waals surface area contributed by atoms with Crippen molar-refractivity contribution in [1.29, 1.82) is 0 Å². The van der Waals surface area contributed by atoms with E-state index in [1.165, 1.54) is 0 Å². The highest BCUT2D eigenvalue weighted by Gasteiger charge is 2.53. The minimum absolute atomic E-state index is 0.0331. The predicted octanol–water partition coefficient (Wildman–Crippen LogP) is 7.97. The van der Waals surface area contributed by atoms with Crippen LogP contribution in [-0.2, 0) is 34.8 Å². The van der Waals surface area contributed by atoms with Crippen molar-refractivity contribution in [3.63, 3.8) is 0 Å². The smallest absolute Gasteiger partial charge is 0.407 e. The van der Waals surface area contributed by atoms with Gasteiger partial charge in [0.25, 0.3) is 0 Å². The molecule has 1 spiro atoms. The summed E-state index contributed by atoms with van der Waals surface area (Å²) in [6, 6.07) is 9.27. The van der Waals surface area contributed by atoms with Gasteiger partial charge in [0.15, 0.2) is 14.1 Å². The standard InChI is InChI=1S/C40H64N2O8Si/c1-37(2,3)51(8,9)50-31-23-29(38(4,5)32(24-31)42-36(46)47-27-28-15-11-10-12-16-28)17-13-19-34(43)41-33-26-40(48-21-22-49-40)25-30(39(33,6)7)18-14-20-35(44)45/h10-13,15-16,19,29-33H,14,17-18,20-27H2,1-9H3,(H,41,43)(H,42,46)(H,44,45)/b19-13+/t29?,30-,31-,32-,33-/m1/s1. The first-order chi connectivity index (χ1) is 23.7. The number of nitrogens with one attached hydrogen (secondary N) is 2. The molecule has 1 aliphatic heterocycles. The van der Waals surface area contributed by atoms with E-state index in [-0.39, 0.29) is 64.8 Å².